The third-order valence-electron chi connectivity index (χ3n) is 1.24. The van der Waals surface area contributed by atoms with Gasteiger partial charge in [0, 0.05) is 6.20 Å². The van der Waals surface area contributed by atoms with Crippen LogP contribution in [0.3, 0.4) is 0 Å². The second-order valence-corrected chi connectivity index (χ2v) is 3.33. The SMILES string of the molecule is CCCc1ncc(/C=N/N)s1. The van der Waals surface area contributed by atoms with Crippen LogP contribution in [0.2, 0.25) is 0 Å². The highest BCUT2D eigenvalue weighted by atomic mass is 32.1. The average molecular weight is 169 g/mol. The molecule has 11 heavy (non-hydrogen) atoms. The zero-order valence-corrected chi connectivity index (χ0v) is 7.27. The highest BCUT2D eigenvalue weighted by Gasteiger charge is 1.97. The number of thiazole rings is 1. The van der Waals surface area contributed by atoms with Gasteiger partial charge in [0.15, 0.2) is 0 Å². The normalized spacial score (nSPS) is 11.0. The molecular formula is C7H11N3S. The fraction of sp³-hybridized carbons (Fsp3) is 0.429. The van der Waals surface area contributed by atoms with Crippen LogP contribution in [0.5, 0.6) is 0 Å². The molecule has 0 saturated carbocycles. The van der Waals surface area contributed by atoms with E-state index in [9.17, 15) is 0 Å². The number of rotatable bonds is 3. The minimum Gasteiger partial charge on any atom is -0.323 e. The Morgan fingerprint density at radius 3 is 3.27 bits per heavy atom. The molecular weight excluding hydrogens is 158 g/mol. The van der Waals surface area contributed by atoms with E-state index in [2.05, 4.69) is 17.0 Å². The number of hydrogen-bond donors (Lipinski definition) is 1. The molecule has 0 aliphatic carbocycles. The Morgan fingerprint density at radius 2 is 2.64 bits per heavy atom. The predicted octanol–water partition coefficient (Wildman–Crippen LogP) is 1.39. The molecule has 1 aromatic heterocycles. The van der Waals surface area contributed by atoms with Crippen LogP contribution in [0.15, 0.2) is 11.3 Å². The molecule has 0 bridgehead atoms. The summed E-state index contributed by atoms with van der Waals surface area (Å²) in [6, 6.07) is 0. The zero-order chi connectivity index (χ0) is 8.10. The van der Waals surface area contributed by atoms with Gasteiger partial charge in [0.2, 0.25) is 0 Å². The van der Waals surface area contributed by atoms with Crippen molar-refractivity contribution < 1.29 is 0 Å². The zero-order valence-electron chi connectivity index (χ0n) is 6.45. The topological polar surface area (TPSA) is 51.3 Å². The molecule has 1 aromatic rings. The van der Waals surface area contributed by atoms with Gasteiger partial charge < -0.3 is 5.84 Å². The minimum absolute atomic E-state index is 1.02. The molecule has 0 atom stereocenters. The first-order valence-electron chi connectivity index (χ1n) is 3.54. The molecule has 0 aromatic carbocycles. The van der Waals surface area contributed by atoms with Crippen molar-refractivity contribution in [2.75, 3.05) is 0 Å². The van der Waals surface area contributed by atoms with E-state index in [0.717, 1.165) is 22.7 Å². The van der Waals surface area contributed by atoms with Gasteiger partial charge in [0.1, 0.15) is 0 Å². The van der Waals surface area contributed by atoms with E-state index in [0.29, 0.717) is 0 Å². The Balaban J connectivity index is 2.65. The van der Waals surface area contributed by atoms with Crippen LogP contribution in [0, 0.1) is 0 Å². The van der Waals surface area contributed by atoms with Gasteiger partial charge >= 0.3 is 0 Å². The van der Waals surface area contributed by atoms with Gasteiger partial charge in [-0.3, -0.25) is 0 Å². The van der Waals surface area contributed by atoms with Crippen molar-refractivity contribution in [3.63, 3.8) is 0 Å². The third kappa shape index (κ3) is 2.31. The minimum atomic E-state index is 1.02. The van der Waals surface area contributed by atoms with Crippen LogP contribution in [-0.2, 0) is 6.42 Å². The summed E-state index contributed by atoms with van der Waals surface area (Å²) < 4.78 is 0. The van der Waals surface area contributed by atoms with Crippen LogP contribution < -0.4 is 5.84 Å². The maximum absolute atomic E-state index is 4.99. The van der Waals surface area contributed by atoms with Gasteiger partial charge in [0.25, 0.3) is 0 Å². The lowest BCUT2D eigenvalue weighted by Gasteiger charge is -1.85. The Kier molecular flexibility index (Phi) is 3.04. The smallest absolute Gasteiger partial charge is 0.0931 e. The summed E-state index contributed by atoms with van der Waals surface area (Å²) in [6.45, 7) is 2.14. The van der Waals surface area contributed by atoms with E-state index in [1.165, 1.54) is 0 Å². The highest BCUT2D eigenvalue weighted by Crippen LogP contribution is 2.11. The van der Waals surface area contributed by atoms with Crippen molar-refractivity contribution in [1.82, 2.24) is 4.98 Å². The number of aromatic nitrogens is 1. The Bertz CT molecular complexity index is 242. The third-order valence-corrected chi connectivity index (χ3v) is 2.23. The van der Waals surface area contributed by atoms with Crippen LogP contribution >= 0.6 is 11.3 Å². The summed E-state index contributed by atoms with van der Waals surface area (Å²) in [4.78, 5) is 5.22. The van der Waals surface area contributed by atoms with Gasteiger partial charge in [-0.25, -0.2) is 4.98 Å². The van der Waals surface area contributed by atoms with Crippen LogP contribution in [-0.4, -0.2) is 11.2 Å². The summed E-state index contributed by atoms with van der Waals surface area (Å²) in [6.07, 6.45) is 5.60. The van der Waals surface area contributed by atoms with Crippen molar-refractivity contribution in [2.24, 2.45) is 10.9 Å². The first-order valence-corrected chi connectivity index (χ1v) is 4.36. The van der Waals surface area contributed by atoms with Gasteiger partial charge in [-0.2, -0.15) is 5.10 Å². The van der Waals surface area contributed by atoms with Gasteiger partial charge in [-0.05, 0) is 12.8 Å². The van der Waals surface area contributed by atoms with Crippen LogP contribution in [0.25, 0.3) is 0 Å². The molecule has 1 rings (SSSR count). The molecule has 1 heterocycles. The van der Waals surface area contributed by atoms with Crippen molar-refractivity contribution >= 4 is 17.6 Å². The molecule has 0 amide bonds. The van der Waals surface area contributed by atoms with E-state index in [4.69, 9.17) is 5.84 Å². The average Bonchev–Trinajstić information content (AvgIpc) is 2.38. The van der Waals surface area contributed by atoms with Crippen LogP contribution in [0.1, 0.15) is 23.2 Å². The number of nitrogens with two attached hydrogens (primary N) is 1. The van der Waals surface area contributed by atoms with E-state index >= 15 is 0 Å². The quantitative estimate of drug-likeness (QED) is 0.422. The molecule has 2 N–H and O–H groups in total. The molecule has 0 aliphatic rings. The standard InChI is InChI=1S/C7H11N3S/c1-2-3-7-9-4-6(11-7)5-10-8/h4-5H,2-3,8H2,1H3/b10-5+. The molecule has 0 unspecified atom stereocenters. The Morgan fingerprint density at radius 1 is 1.82 bits per heavy atom. The number of aryl methyl sites for hydroxylation is 1. The predicted molar refractivity (Wildman–Crippen MR) is 47.9 cm³/mol. The maximum Gasteiger partial charge on any atom is 0.0931 e. The number of hydrazone groups is 1. The molecule has 60 valence electrons. The fourth-order valence-corrected chi connectivity index (χ4v) is 1.69. The summed E-state index contributed by atoms with van der Waals surface area (Å²) >= 11 is 1.64. The van der Waals surface area contributed by atoms with Crippen molar-refractivity contribution in [2.45, 2.75) is 19.8 Å². The summed E-state index contributed by atoms with van der Waals surface area (Å²) in [7, 11) is 0. The lowest BCUT2D eigenvalue weighted by molar-refractivity contribution is 0.909. The van der Waals surface area contributed by atoms with Crippen LogP contribution in [0.4, 0.5) is 0 Å². The van der Waals surface area contributed by atoms with Gasteiger partial charge in [0.05, 0.1) is 16.1 Å². The first-order chi connectivity index (χ1) is 5.36. The largest absolute Gasteiger partial charge is 0.323 e. The Hall–Kier alpha value is -0.900. The molecule has 0 fully saturated rings. The van der Waals surface area contributed by atoms with Crippen molar-refractivity contribution in [3.05, 3.63) is 16.1 Å². The maximum atomic E-state index is 4.99. The summed E-state index contributed by atoms with van der Waals surface area (Å²) in [5.74, 6) is 4.99. The van der Waals surface area contributed by atoms with Crippen molar-refractivity contribution in [3.8, 4) is 0 Å². The summed E-state index contributed by atoms with van der Waals surface area (Å²) in [5, 5.41) is 4.58. The van der Waals surface area contributed by atoms with Gasteiger partial charge in [-0.1, -0.05) is 6.92 Å². The fourth-order valence-electron chi connectivity index (χ4n) is 0.787. The molecule has 0 aliphatic heterocycles. The molecule has 0 saturated heterocycles. The molecule has 0 spiro atoms. The van der Waals surface area contributed by atoms with E-state index in [1.54, 1.807) is 23.7 Å². The van der Waals surface area contributed by atoms with E-state index in [-0.39, 0.29) is 0 Å². The molecule has 0 radical (unpaired) electrons. The summed E-state index contributed by atoms with van der Waals surface area (Å²) in [5.41, 5.74) is 0. The molecule has 3 nitrogen and oxygen atoms in total. The Labute approximate surface area is 70.0 Å². The second kappa shape index (κ2) is 4.08. The highest BCUT2D eigenvalue weighted by molar-refractivity contribution is 7.13. The first kappa shape index (κ1) is 8.20. The monoisotopic (exact) mass is 169 g/mol. The van der Waals surface area contributed by atoms with Crippen molar-refractivity contribution in [1.29, 1.82) is 0 Å². The molecule has 4 heteroatoms. The van der Waals surface area contributed by atoms with E-state index in [1.807, 2.05) is 0 Å². The lowest BCUT2D eigenvalue weighted by atomic mass is 10.4. The lowest BCUT2D eigenvalue weighted by Crippen LogP contribution is -1.80. The number of nitrogens with zero attached hydrogens (tertiary/aromatic N) is 2. The number of hydrogen-bond acceptors (Lipinski definition) is 4. The van der Waals surface area contributed by atoms with E-state index < -0.39 is 0 Å². The second-order valence-electron chi connectivity index (χ2n) is 2.18. The van der Waals surface area contributed by atoms with Gasteiger partial charge in [-0.15, -0.1) is 11.3 Å².